The zero-order chi connectivity index (χ0) is 20.9. The lowest BCUT2D eigenvalue weighted by molar-refractivity contribution is 0.0945. The Morgan fingerprint density at radius 2 is 1.97 bits per heavy atom. The molecule has 1 fully saturated rings. The van der Waals surface area contributed by atoms with E-state index in [0.29, 0.717) is 28.2 Å². The summed E-state index contributed by atoms with van der Waals surface area (Å²) in [5.74, 6) is 1.58. The van der Waals surface area contributed by atoms with Crippen molar-refractivity contribution >= 4 is 22.8 Å². The number of aromatic nitrogens is 4. The summed E-state index contributed by atoms with van der Waals surface area (Å²) < 4.78 is 12.3. The second-order valence-corrected chi connectivity index (χ2v) is 7.83. The summed E-state index contributed by atoms with van der Waals surface area (Å²) in [7, 11) is 1.62. The van der Waals surface area contributed by atoms with Crippen LogP contribution in [0.25, 0.3) is 22.2 Å². The third-order valence-corrected chi connectivity index (χ3v) is 5.51. The van der Waals surface area contributed by atoms with E-state index in [4.69, 9.17) is 9.15 Å². The Morgan fingerprint density at radius 1 is 1.20 bits per heavy atom. The van der Waals surface area contributed by atoms with Crippen LogP contribution in [0, 0.1) is 6.92 Å². The minimum atomic E-state index is -0.287. The van der Waals surface area contributed by atoms with Gasteiger partial charge in [-0.05, 0) is 44.4 Å². The van der Waals surface area contributed by atoms with Gasteiger partial charge in [-0.15, -0.1) is 0 Å². The van der Waals surface area contributed by atoms with Crippen LogP contribution >= 0.6 is 0 Å². The van der Waals surface area contributed by atoms with Crippen molar-refractivity contribution in [1.82, 2.24) is 19.7 Å². The number of anilines is 1. The zero-order valence-electron chi connectivity index (χ0n) is 17.0. The number of hydrogen-bond acceptors (Lipinski definition) is 7. The number of carbonyl (C=O) groups excluding carboxylic acids is 1. The first-order valence-electron chi connectivity index (χ1n) is 9.73. The number of hydrogen-bond donors (Lipinski definition) is 1. The van der Waals surface area contributed by atoms with Crippen LogP contribution in [0.5, 0.6) is 5.75 Å². The molecular formula is C22H21N5O3. The summed E-state index contributed by atoms with van der Waals surface area (Å²) in [6.45, 7) is 3.88. The van der Waals surface area contributed by atoms with Gasteiger partial charge in [0.2, 0.25) is 5.71 Å². The molecule has 1 saturated carbocycles. The summed E-state index contributed by atoms with van der Waals surface area (Å²) in [6, 6.07) is 7.59. The first-order chi connectivity index (χ1) is 14.5. The van der Waals surface area contributed by atoms with Crippen LogP contribution in [0.3, 0.4) is 0 Å². The average Bonchev–Trinajstić information content (AvgIpc) is 3.16. The molecule has 1 aliphatic rings. The van der Waals surface area contributed by atoms with E-state index in [1.807, 2.05) is 24.3 Å². The summed E-state index contributed by atoms with van der Waals surface area (Å²) >= 11 is 0. The lowest BCUT2D eigenvalue weighted by Gasteiger charge is -2.12. The quantitative estimate of drug-likeness (QED) is 0.537. The number of rotatable bonds is 5. The van der Waals surface area contributed by atoms with Gasteiger partial charge in [0, 0.05) is 17.3 Å². The van der Waals surface area contributed by atoms with Gasteiger partial charge in [-0.25, -0.2) is 14.6 Å². The molecule has 8 nitrogen and oxygen atoms in total. The molecule has 0 saturated heterocycles. The fraction of sp³-hybridized carbons (Fsp3) is 0.273. The molecule has 4 aromatic rings. The van der Waals surface area contributed by atoms with Gasteiger partial charge in [0.15, 0.2) is 0 Å². The maximum atomic E-state index is 13.4. The van der Waals surface area contributed by atoms with Crippen LogP contribution in [-0.2, 0) is 0 Å². The van der Waals surface area contributed by atoms with E-state index in [-0.39, 0.29) is 11.4 Å². The lowest BCUT2D eigenvalue weighted by Crippen LogP contribution is -2.18. The monoisotopic (exact) mass is 403 g/mol. The van der Waals surface area contributed by atoms with Crippen molar-refractivity contribution in [3.8, 4) is 16.9 Å². The number of fused-ring (bicyclic) bond motifs is 1. The van der Waals surface area contributed by atoms with Crippen molar-refractivity contribution in [3.05, 3.63) is 54.3 Å². The molecule has 0 unspecified atom stereocenters. The molecule has 1 aliphatic carbocycles. The van der Waals surface area contributed by atoms with E-state index in [1.54, 1.807) is 26.4 Å². The van der Waals surface area contributed by atoms with Gasteiger partial charge in [0.25, 0.3) is 5.91 Å². The van der Waals surface area contributed by atoms with Gasteiger partial charge >= 0.3 is 0 Å². The molecule has 0 aliphatic heterocycles. The molecule has 1 N–H and O–H groups in total. The molecule has 8 heteroatoms. The Bertz CT molecular complexity index is 1250. The number of nitrogens with one attached hydrogen (secondary N) is 1. The predicted molar refractivity (Wildman–Crippen MR) is 112 cm³/mol. The largest absolute Gasteiger partial charge is 0.497 e. The zero-order valence-corrected chi connectivity index (χ0v) is 17.0. The second-order valence-electron chi connectivity index (χ2n) is 7.83. The SMILES string of the molecule is COc1ccc(-c2cnn(C(=O)c3c(C)oc4ncnc(NC5(C)CC5)c34)c2)cc1. The number of benzene rings is 1. The fourth-order valence-electron chi connectivity index (χ4n) is 3.48. The van der Waals surface area contributed by atoms with Crippen LogP contribution < -0.4 is 10.1 Å². The molecule has 1 aromatic carbocycles. The molecule has 0 bridgehead atoms. The Hall–Kier alpha value is -3.68. The van der Waals surface area contributed by atoms with Crippen molar-refractivity contribution in [3.63, 3.8) is 0 Å². The van der Waals surface area contributed by atoms with Crippen molar-refractivity contribution in [1.29, 1.82) is 0 Å². The van der Waals surface area contributed by atoms with Crippen LogP contribution in [0.1, 0.15) is 35.9 Å². The molecule has 0 amide bonds. The molecule has 30 heavy (non-hydrogen) atoms. The molecule has 5 rings (SSSR count). The second kappa shape index (κ2) is 6.69. The summed E-state index contributed by atoms with van der Waals surface area (Å²) in [6.07, 6.45) is 6.94. The molecule has 3 heterocycles. The minimum Gasteiger partial charge on any atom is -0.497 e. The van der Waals surface area contributed by atoms with Gasteiger partial charge in [0.1, 0.15) is 23.7 Å². The van der Waals surface area contributed by atoms with E-state index in [0.717, 1.165) is 29.7 Å². The predicted octanol–water partition coefficient (Wildman–Crippen LogP) is 4.06. The number of furan rings is 1. The third kappa shape index (κ3) is 3.10. The molecular weight excluding hydrogens is 382 g/mol. The fourth-order valence-corrected chi connectivity index (χ4v) is 3.48. The highest BCUT2D eigenvalue weighted by molar-refractivity contribution is 6.10. The third-order valence-electron chi connectivity index (χ3n) is 5.51. The Balaban J connectivity index is 1.53. The molecule has 0 radical (unpaired) electrons. The number of carbonyl (C=O) groups is 1. The number of nitrogens with zero attached hydrogens (tertiary/aromatic N) is 4. The summed E-state index contributed by atoms with van der Waals surface area (Å²) in [5, 5.41) is 8.31. The number of methoxy groups -OCH3 is 1. The van der Waals surface area contributed by atoms with Crippen LogP contribution in [0.4, 0.5) is 5.82 Å². The maximum Gasteiger partial charge on any atom is 0.282 e. The first kappa shape index (κ1) is 18.4. The molecule has 0 atom stereocenters. The number of aryl methyl sites for hydroxylation is 1. The van der Waals surface area contributed by atoms with Gasteiger partial charge in [-0.2, -0.15) is 5.10 Å². The molecule has 0 spiro atoms. The van der Waals surface area contributed by atoms with E-state index in [9.17, 15) is 4.79 Å². The Morgan fingerprint density at radius 3 is 2.67 bits per heavy atom. The highest BCUT2D eigenvalue weighted by atomic mass is 16.5. The Labute approximate surface area is 172 Å². The van der Waals surface area contributed by atoms with Crippen LogP contribution in [0.15, 0.2) is 47.4 Å². The van der Waals surface area contributed by atoms with E-state index in [1.165, 1.54) is 11.0 Å². The van der Waals surface area contributed by atoms with Crippen LogP contribution in [-0.4, -0.2) is 38.3 Å². The topological polar surface area (TPSA) is 95.1 Å². The molecule has 3 aromatic heterocycles. The van der Waals surface area contributed by atoms with E-state index >= 15 is 0 Å². The van der Waals surface area contributed by atoms with Gasteiger partial charge in [0.05, 0.1) is 24.3 Å². The highest BCUT2D eigenvalue weighted by Crippen LogP contribution is 2.40. The van der Waals surface area contributed by atoms with Gasteiger partial charge in [-0.3, -0.25) is 4.79 Å². The molecule has 152 valence electrons. The van der Waals surface area contributed by atoms with Gasteiger partial charge < -0.3 is 14.5 Å². The lowest BCUT2D eigenvalue weighted by atomic mass is 10.1. The average molecular weight is 403 g/mol. The van der Waals surface area contributed by atoms with Crippen molar-refractivity contribution in [2.45, 2.75) is 32.2 Å². The first-order valence-corrected chi connectivity index (χ1v) is 9.73. The van der Waals surface area contributed by atoms with Crippen molar-refractivity contribution < 1.29 is 13.9 Å². The maximum absolute atomic E-state index is 13.4. The van der Waals surface area contributed by atoms with Crippen molar-refractivity contribution in [2.75, 3.05) is 12.4 Å². The number of ether oxygens (including phenoxy) is 1. The standard InChI is InChI=1S/C22H21N5O3/c1-13-17(18-19(26-22(2)8-9-22)23-12-24-20(18)30-13)21(28)27-11-15(10-25-27)14-4-6-16(29-3)7-5-14/h4-7,10-12H,8-9H2,1-3H3,(H,23,24,26). The summed E-state index contributed by atoms with van der Waals surface area (Å²) in [4.78, 5) is 21.9. The van der Waals surface area contributed by atoms with Gasteiger partial charge in [-0.1, -0.05) is 12.1 Å². The summed E-state index contributed by atoms with van der Waals surface area (Å²) in [5.41, 5.74) is 2.58. The Kier molecular flexibility index (Phi) is 4.09. The highest BCUT2D eigenvalue weighted by Gasteiger charge is 2.38. The van der Waals surface area contributed by atoms with Crippen LogP contribution in [0.2, 0.25) is 0 Å². The van der Waals surface area contributed by atoms with E-state index < -0.39 is 0 Å². The van der Waals surface area contributed by atoms with E-state index in [2.05, 4.69) is 27.3 Å². The smallest absolute Gasteiger partial charge is 0.282 e. The normalized spacial score (nSPS) is 14.6. The van der Waals surface area contributed by atoms with Crippen molar-refractivity contribution in [2.24, 2.45) is 0 Å². The minimum absolute atomic E-state index is 0.0000110.